The SMILES string of the molecule is O=C1Nc2ccc(NCCCN3CCCCC3)cc2/C1=C\c1cccc2ccccc12. The fraction of sp³-hybridized carbons (Fsp3) is 0.296. The van der Waals surface area contributed by atoms with Crippen molar-refractivity contribution in [2.24, 2.45) is 0 Å². The summed E-state index contributed by atoms with van der Waals surface area (Å²) in [7, 11) is 0. The molecule has 1 fully saturated rings. The van der Waals surface area contributed by atoms with Crippen molar-refractivity contribution < 1.29 is 4.79 Å². The van der Waals surface area contributed by atoms with Gasteiger partial charge in [-0.05, 0) is 79.5 Å². The van der Waals surface area contributed by atoms with E-state index in [0.29, 0.717) is 0 Å². The van der Waals surface area contributed by atoms with Crippen LogP contribution in [0.4, 0.5) is 11.4 Å². The molecule has 2 aliphatic heterocycles. The summed E-state index contributed by atoms with van der Waals surface area (Å²) in [6, 6.07) is 20.7. The molecule has 4 heteroatoms. The topological polar surface area (TPSA) is 44.4 Å². The number of rotatable bonds is 6. The van der Waals surface area contributed by atoms with Gasteiger partial charge in [-0.15, -0.1) is 0 Å². The van der Waals surface area contributed by atoms with E-state index in [1.165, 1.54) is 37.7 Å². The number of benzene rings is 3. The number of likely N-dealkylation sites (tertiary alicyclic amines) is 1. The van der Waals surface area contributed by atoms with Gasteiger partial charge in [0.1, 0.15) is 0 Å². The predicted molar refractivity (Wildman–Crippen MR) is 130 cm³/mol. The van der Waals surface area contributed by atoms with Crippen LogP contribution in [-0.2, 0) is 4.79 Å². The summed E-state index contributed by atoms with van der Waals surface area (Å²) in [4.78, 5) is 15.3. The van der Waals surface area contributed by atoms with Gasteiger partial charge in [-0.1, -0.05) is 48.9 Å². The minimum Gasteiger partial charge on any atom is -0.385 e. The van der Waals surface area contributed by atoms with Crippen LogP contribution in [0.2, 0.25) is 0 Å². The molecule has 0 radical (unpaired) electrons. The number of nitrogens with one attached hydrogen (secondary N) is 2. The second kappa shape index (κ2) is 8.94. The molecular weight excluding hydrogens is 382 g/mol. The Balaban J connectivity index is 1.33. The van der Waals surface area contributed by atoms with E-state index in [1.54, 1.807) is 0 Å². The Morgan fingerprint density at radius 3 is 2.71 bits per heavy atom. The quantitative estimate of drug-likeness (QED) is 0.409. The molecule has 3 aromatic rings. The number of carbonyl (C=O) groups excluding carboxylic acids is 1. The van der Waals surface area contributed by atoms with E-state index in [0.717, 1.165) is 53.0 Å². The molecule has 2 heterocycles. The minimum absolute atomic E-state index is 0.0369. The third-order valence-corrected chi connectivity index (χ3v) is 6.35. The zero-order valence-corrected chi connectivity index (χ0v) is 17.9. The molecule has 0 saturated carbocycles. The highest BCUT2D eigenvalue weighted by Gasteiger charge is 2.24. The highest BCUT2D eigenvalue weighted by atomic mass is 16.2. The summed E-state index contributed by atoms with van der Waals surface area (Å²) in [5.41, 5.74) is 4.71. The van der Waals surface area contributed by atoms with Gasteiger partial charge in [-0.25, -0.2) is 0 Å². The zero-order valence-electron chi connectivity index (χ0n) is 17.9. The van der Waals surface area contributed by atoms with E-state index in [9.17, 15) is 4.79 Å². The van der Waals surface area contributed by atoms with Crippen LogP contribution in [0, 0.1) is 0 Å². The van der Waals surface area contributed by atoms with Gasteiger partial charge in [0.05, 0.1) is 0 Å². The van der Waals surface area contributed by atoms with E-state index in [-0.39, 0.29) is 5.91 Å². The third-order valence-electron chi connectivity index (χ3n) is 6.35. The van der Waals surface area contributed by atoms with Gasteiger partial charge in [0.15, 0.2) is 0 Å². The van der Waals surface area contributed by atoms with Crippen LogP contribution in [0.1, 0.15) is 36.8 Å². The maximum atomic E-state index is 12.7. The molecular formula is C27H29N3O. The maximum Gasteiger partial charge on any atom is 0.256 e. The molecule has 0 aliphatic carbocycles. The second-order valence-electron chi connectivity index (χ2n) is 8.52. The van der Waals surface area contributed by atoms with Crippen molar-refractivity contribution in [1.82, 2.24) is 4.90 Å². The molecule has 31 heavy (non-hydrogen) atoms. The number of fused-ring (bicyclic) bond motifs is 2. The average Bonchev–Trinajstić information content (AvgIpc) is 3.12. The number of nitrogens with zero attached hydrogens (tertiary/aromatic N) is 1. The second-order valence-corrected chi connectivity index (χ2v) is 8.52. The van der Waals surface area contributed by atoms with Crippen molar-refractivity contribution in [3.05, 3.63) is 71.8 Å². The summed E-state index contributed by atoms with van der Waals surface area (Å²) in [5.74, 6) is -0.0369. The Morgan fingerprint density at radius 2 is 1.81 bits per heavy atom. The van der Waals surface area contributed by atoms with Gasteiger partial charge >= 0.3 is 0 Å². The van der Waals surface area contributed by atoms with Gasteiger partial charge in [-0.3, -0.25) is 4.79 Å². The van der Waals surface area contributed by atoms with Gasteiger partial charge in [-0.2, -0.15) is 0 Å². The summed E-state index contributed by atoms with van der Waals surface area (Å²) in [6.45, 7) is 4.59. The first-order valence-corrected chi connectivity index (χ1v) is 11.4. The predicted octanol–water partition coefficient (Wildman–Crippen LogP) is 5.62. The van der Waals surface area contributed by atoms with Crippen LogP contribution < -0.4 is 10.6 Å². The lowest BCUT2D eigenvalue weighted by Crippen LogP contribution is -2.31. The molecule has 0 atom stereocenters. The van der Waals surface area contributed by atoms with Crippen molar-refractivity contribution in [1.29, 1.82) is 0 Å². The van der Waals surface area contributed by atoms with Gasteiger partial charge in [0.25, 0.3) is 5.91 Å². The van der Waals surface area contributed by atoms with Crippen LogP contribution in [0.5, 0.6) is 0 Å². The van der Waals surface area contributed by atoms with Crippen molar-refractivity contribution in [3.8, 4) is 0 Å². The summed E-state index contributed by atoms with van der Waals surface area (Å²) in [6.07, 6.45) is 7.21. The fourth-order valence-corrected chi connectivity index (χ4v) is 4.69. The third kappa shape index (κ3) is 4.35. The first-order chi connectivity index (χ1) is 15.3. The van der Waals surface area contributed by atoms with E-state index in [4.69, 9.17) is 0 Å². The Morgan fingerprint density at radius 1 is 0.968 bits per heavy atom. The Hall–Kier alpha value is -3.11. The van der Waals surface area contributed by atoms with Crippen LogP contribution in [0.15, 0.2) is 60.7 Å². The number of hydrogen-bond acceptors (Lipinski definition) is 3. The first kappa shape index (κ1) is 19.8. The zero-order chi connectivity index (χ0) is 21.0. The molecule has 1 amide bonds. The van der Waals surface area contributed by atoms with Crippen molar-refractivity contribution in [2.75, 3.05) is 36.8 Å². The van der Waals surface area contributed by atoms with E-state index >= 15 is 0 Å². The maximum absolute atomic E-state index is 12.7. The summed E-state index contributed by atoms with van der Waals surface area (Å²) < 4.78 is 0. The monoisotopic (exact) mass is 411 g/mol. The summed E-state index contributed by atoms with van der Waals surface area (Å²) in [5, 5.41) is 8.90. The lowest BCUT2D eigenvalue weighted by Gasteiger charge is -2.26. The first-order valence-electron chi connectivity index (χ1n) is 11.4. The molecule has 5 rings (SSSR count). The smallest absolute Gasteiger partial charge is 0.256 e. The molecule has 2 aliphatic rings. The standard InChI is InChI=1S/C27H29N3O/c31-27-25(18-21-10-6-9-20-8-2-3-11-23(20)21)24-19-22(12-13-26(24)29-27)28-14-7-17-30-15-4-1-5-16-30/h2-3,6,8-13,18-19,28H,1,4-5,7,14-17H2,(H,29,31)/b25-18+. The molecule has 4 nitrogen and oxygen atoms in total. The van der Waals surface area contributed by atoms with Gasteiger partial charge in [0.2, 0.25) is 0 Å². The van der Waals surface area contributed by atoms with Crippen LogP contribution in [-0.4, -0.2) is 37.0 Å². The van der Waals surface area contributed by atoms with E-state index in [2.05, 4.69) is 51.9 Å². The number of hydrogen-bond donors (Lipinski definition) is 2. The molecule has 3 aromatic carbocycles. The number of anilines is 2. The van der Waals surface area contributed by atoms with Gasteiger partial charge < -0.3 is 15.5 Å². The number of amides is 1. The lowest BCUT2D eigenvalue weighted by atomic mass is 9.99. The van der Waals surface area contributed by atoms with Crippen molar-refractivity contribution in [3.63, 3.8) is 0 Å². The average molecular weight is 412 g/mol. The Kier molecular flexibility index (Phi) is 5.72. The minimum atomic E-state index is -0.0369. The summed E-state index contributed by atoms with van der Waals surface area (Å²) >= 11 is 0. The van der Waals surface area contributed by atoms with Crippen LogP contribution in [0.3, 0.4) is 0 Å². The van der Waals surface area contributed by atoms with Gasteiger partial charge in [0, 0.05) is 29.1 Å². The van der Waals surface area contributed by atoms with E-state index in [1.807, 2.05) is 30.3 Å². The van der Waals surface area contributed by atoms with Crippen LogP contribution in [0.25, 0.3) is 22.4 Å². The molecule has 1 saturated heterocycles. The molecule has 0 spiro atoms. The van der Waals surface area contributed by atoms with E-state index < -0.39 is 0 Å². The highest BCUT2D eigenvalue weighted by Crippen LogP contribution is 2.36. The Bertz CT molecular complexity index is 1120. The molecule has 0 aromatic heterocycles. The number of carbonyl (C=O) groups is 1. The largest absolute Gasteiger partial charge is 0.385 e. The Labute approximate surface area is 184 Å². The molecule has 0 bridgehead atoms. The number of piperidine rings is 1. The molecule has 2 N–H and O–H groups in total. The molecule has 158 valence electrons. The molecule has 0 unspecified atom stereocenters. The lowest BCUT2D eigenvalue weighted by molar-refractivity contribution is -0.110. The van der Waals surface area contributed by atoms with Crippen molar-refractivity contribution in [2.45, 2.75) is 25.7 Å². The normalized spacial score (nSPS) is 17.7. The van der Waals surface area contributed by atoms with Crippen LogP contribution >= 0.6 is 0 Å². The fourth-order valence-electron chi connectivity index (χ4n) is 4.69. The van der Waals surface area contributed by atoms with Crippen molar-refractivity contribution >= 4 is 39.7 Å². The highest BCUT2D eigenvalue weighted by molar-refractivity contribution is 6.35.